The molecule has 0 unspecified atom stereocenters. The van der Waals surface area contributed by atoms with Gasteiger partial charge in [0.05, 0.1) is 18.6 Å². The van der Waals surface area contributed by atoms with Crippen LogP contribution in [0.15, 0.2) is 118 Å². The molecule has 4 aromatic rings. The molecule has 0 saturated heterocycles. The van der Waals surface area contributed by atoms with E-state index in [-0.39, 0.29) is 18.8 Å². The molecule has 7 heteroatoms. The summed E-state index contributed by atoms with van der Waals surface area (Å²) in [4.78, 5) is 29.0. The number of hydrogen-bond donors (Lipinski definition) is 1. The number of carbonyl (C=O) groups excluding carboxylic acids is 2. The summed E-state index contributed by atoms with van der Waals surface area (Å²) >= 11 is 7.09. The SMILES string of the molecule is CCOC(=O)[C@@]1(C#N)[C@H](c2cccc(Br)c2)[C@@H](C(=O)c2ccccc2)[C@@](O)(c2ccccc2)C[C@H]1c1cccc(Br)c1. The van der Waals surface area contributed by atoms with Gasteiger partial charge in [0, 0.05) is 26.3 Å². The molecule has 0 heterocycles. The third kappa shape index (κ3) is 5.24. The zero-order valence-corrected chi connectivity index (χ0v) is 26.1. The van der Waals surface area contributed by atoms with Gasteiger partial charge < -0.3 is 9.84 Å². The van der Waals surface area contributed by atoms with Gasteiger partial charge in [-0.15, -0.1) is 0 Å². The van der Waals surface area contributed by atoms with Crippen LogP contribution in [0.5, 0.6) is 0 Å². The van der Waals surface area contributed by atoms with Gasteiger partial charge in [-0.2, -0.15) is 5.26 Å². The molecule has 5 rings (SSSR count). The Morgan fingerprint density at radius 3 is 2.02 bits per heavy atom. The minimum absolute atomic E-state index is 0.0545. The Morgan fingerprint density at radius 2 is 1.45 bits per heavy atom. The van der Waals surface area contributed by atoms with Crippen molar-refractivity contribution in [1.29, 1.82) is 5.26 Å². The highest BCUT2D eigenvalue weighted by atomic mass is 79.9. The van der Waals surface area contributed by atoms with Crippen molar-refractivity contribution in [2.75, 3.05) is 6.61 Å². The topological polar surface area (TPSA) is 87.4 Å². The number of Topliss-reactive ketones (excluding diaryl/α,β-unsaturated/α-hetero) is 1. The first-order valence-corrected chi connectivity index (χ1v) is 15.3. The molecule has 1 aliphatic carbocycles. The number of carbonyl (C=O) groups is 2. The fraction of sp³-hybridized carbons (Fsp3) is 0.229. The summed E-state index contributed by atoms with van der Waals surface area (Å²) in [5.41, 5.74) is -1.43. The predicted molar refractivity (Wildman–Crippen MR) is 168 cm³/mol. The second-order valence-electron chi connectivity index (χ2n) is 10.5. The molecule has 1 aliphatic rings. The van der Waals surface area contributed by atoms with Crippen molar-refractivity contribution in [3.05, 3.63) is 140 Å². The van der Waals surface area contributed by atoms with E-state index in [0.29, 0.717) is 22.3 Å². The Hall–Kier alpha value is -3.57. The number of esters is 1. The molecular weight excluding hydrogens is 658 g/mol. The summed E-state index contributed by atoms with van der Waals surface area (Å²) in [6, 6.07) is 34.9. The zero-order valence-electron chi connectivity index (χ0n) is 22.9. The molecule has 42 heavy (non-hydrogen) atoms. The van der Waals surface area contributed by atoms with Crippen molar-refractivity contribution in [2.24, 2.45) is 11.3 Å². The smallest absolute Gasteiger partial charge is 0.327 e. The lowest BCUT2D eigenvalue weighted by atomic mass is 9.47. The number of rotatable bonds is 7. The maximum Gasteiger partial charge on any atom is 0.327 e. The number of nitriles is 1. The number of ketones is 1. The van der Waals surface area contributed by atoms with Crippen molar-refractivity contribution in [1.82, 2.24) is 0 Å². The molecule has 0 bridgehead atoms. The van der Waals surface area contributed by atoms with Crippen LogP contribution in [0.2, 0.25) is 0 Å². The summed E-state index contributed by atoms with van der Waals surface area (Å²) in [5, 5.41) is 24.2. The molecule has 4 aromatic carbocycles. The van der Waals surface area contributed by atoms with Crippen LogP contribution in [0.25, 0.3) is 0 Å². The maximum atomic E-state index is 14.7. The molecule has 0 amide bonds. The van der Waals surface area contributed by atoms with Crippen molar-refractivity contribution in [3.63, 3.8) is 0 Å². The summed E-state index contributed by atoms with van der Waals surface area (Å²) in [6.07, 6.45) is -0.0619. The Bertz CT molecular complexity index is 1640. The van der Waals surface area contributed by atoms with E-state index in [0.717, 1.165) is 8.95 Å². The predicted octanol–water partition coefficient (Wildman–Crippen LogP) is 7.94. The van der Waals surface area contributed by atoms with E-state index in [1.807, 2.05) is 60.7 Å². The Labute approximate surface area is 262 Å². The third-order valence-corrected chi connectivity index (χ3v) is 9.26. The number of ether oxygens (including phenoxy) is 1. The fourth-order valence-electron chi connectivity index (χ4n) is 6.50. The standard InChI is InChI=1S/C35H29Br2NO4/c1-2-42-33(40)34(22-38)29(24-13-9-17-27(36)19-24)21-35(41,26-15-7-4-8-16-26)31(32(39)23-11-5-3-6-12-23)30(34)25-14-10-18-28(37)20-25/h3-20,29-31,41H,2,21H2,1H3/t29-,30+,31-,34+,35-/m0/s1. The molecule has 212 valence electrons. The number of benzene rings is 4. The average Bonchev–Trinajstić information content (AvgIpc) is 3.01. The molecule has 0 radical (unpaired) electrons. The highest BCUT2D eigenvalue weighted by molar-refractivity contribution is 9.10. The van der Waals surface area contributed by atoms with Gasteiger partial charge >= 0.3 is 5.97 Å². The van der Waals surface area contributed by atoms with Crippen LogP contribution >= 0.6 is 31.9 Å². The molecule has 5 atom stereocenters. The van der Waals surface area contributed by atoms with Crippen LogP contribution in [0.3, 0.4) is 0 Å². The zero-order chi connectivity index (χ0) is 29.9. The second-order valence-corrected chi connectivity index (χ2v) is 12.4. The van der Waals surface area contributed by atoms with Crippen LogP contribution < -0.4 is 0 Å². The minimum atomic E-state index is -1.85. The first-order valence-electron chi connectivity index (χ1n) is 13.7. The van der Waals surface area contributed by atoms with Gasteiger partial charge in [0.15, 0.2) is 11.2 Å². The molecule has 0 spiro atoms. The van der Waals surface area contributed by atoms with Gasteiger partial charge in [0.25, 0.3) is 0 Å². The summed E-state index contributed by atoms with van der Waals surface area (Å²) in [7, 11) is 0. The minimum Gasteiger partial charge on any atom is -0.465 e. The molecule has 5 nitrogen and oxygen atoms in total. The summed E-state index contributed by atoms with van der Waals surface area (Å²) in [6.45, 7) is 1.75. The first kappa shape index (κ1) is 29.9. The Morgan fingerprint density at radius 1 is 0.881 bits per heavy atom. The van der Waals surface area contributed by atoms with Gasteiger partial charge in [-0.1, -0.05) is 117 Å². The Kier molecular flexibility index (Phi) is 8.79. The van der Waals surface area contributed by atoms with Crippen molar-refractivity contribution in [3.8, 4) is 6.07 Å². The van der Waals surface area contributed by atoms with Crippen LogP contribution in [0.4, 0.5) is 0 Å². The monoisotopic (exact) mass is 685 g/mol. The van der Waals surface area contributed by atoms with Gasteiger partial charge in [0.2, 0.25) is 0 Å². The molecule has 1 N–H and O–H groups in total. The molecular formula is C35H29Br2NO4. The van der Waals surface area contributed by atoms with E-state index in [4.69, 9.17) is 4.74 Å². The van der Waals surface area contributed by atoms with Gasteiger partial charge in [-0.05, 0) is 54.3 Å². The number of aliphatic hydroxyl groups is 1. The van der Waals surface area contributed by atoms with E-state index in [9.17, 15) is 20.0 Å². The molecule has 1 fully saturated rings. The average molecular weight is 687 g/mol. The molecule has 1 saturated carbocycles. The van der Waals surface area contributed by atoms with Crippen LogP contribution in [0, 0.1) is 22.7 Å². The van der Waals surface area contributed by atoms with E-state index in [1.165, 1.54) is 0 Å². The van der Waals surface area contributed by atoms with Crippen molar-refractivity contribution >= 4 is 43.6 Å². The number of halogens is 2. The van der Waals surface area contributed by atoms with Crippen LogP contribution in [0.1, 0.15) is 52.2 Å². The van der Waals surface area contributed by atoms with E-state index >= 15 is 0 Å². The van der Waals surface area contributed by atoms with Gasteiger partial charge in [-0.3, -0.25) is 9.59 Å². The van der Waals surface area contributed by atoms with E-state index in [1.54, 1.807) is 55.5 Å². The maximum absolute atomic E-state index is 14.7. The lowest BCUT2D eigenvalue weighted by Gasteiger charge is -2.54. The highest BCUT2D eigenvalue weighted by Gasteiger charge is 2.67. The molecule has 0 aliphatic heterocycles. The van der Waals surface area contributed by atoms with Crippen molar-refractivity contribution < 1.29 is 19.4 Å². The second kappa shape index (κ2) is 12.3. The third-order valence-electron chi connectivity index (χ3n) is 8.27. The van der Waals surface area contributed by atoms with Crippen LogP contribution in [-0.2, 0) is 15.1 Å². The lowest BCUT2D eigenvalue weighted by Crippen LogP contribution is -2.59. The number of hydrogen-bond acceptors (Lipinski definition) is 5. The van der Waals surface area contributed by atoms with Crippen molar-refractivity contribution in [2.45, 2.75) is 30.8 Å². The summed E-state index contributed by atoms with van der Waals surface area (Å²) in [5.74, 6) is -4.18. The molecule has 0 aromatic heterocycles. The quantitative estimate of drug-likeness (QED) is 0.158. The first-order chi connectivity index (χ1) is 20.3. The van der Waals surface area contributed by atoms with Gasteiger partial charge in [0.1, 0.15) is 5.60 Å². The lowest BCUT2D eigenvalue weighted by molar-refractivity contribution is -0.164. The van der Waals surface area contributed by atoms with Crippen LogP contribution in [-0.4, -0.2) is 23.5 Å². The largest absolute Gasteiger partial charge is 0.465 e. The Balaban J connectivity index is 1.91. The van der Waals surface area contributed by atoms with E-state index in [2.05, 4.69) is 37.9 Å². The normalized spacial score (nSPS) is 25.3. The highest BCUT2D eigenvalue weighted by Crippen LogP contribution is 2.64. The fourth-order valence-corrected chi connectivity index (χ4v) is 7.34. The van der Waals surface area contributed by atoms with Gasteiger partial charge in [-0.25, -0.2) is 0 Å². The summed E-state index contributed by atoms with van der Waals surface area (Å²) < 4.78 is 7.15. The number of nitrogens with zero attached hydrogens (tertiary/aromatic N) is 1. The van der Waals surface area contributed by atoms with E-state index < -0.39 is 34.7 Å².